The molecule has 120 valence electrons. The fourth-order valence-corrected chi connectivity index (χ4v) is 2.34. The molecule has 1 amide bonds. The molecule has 0 radical (unpaired) electrons. The summed E-state index contributed by atoms with van der Waals surface area (Å²) in [5.74, 6) is 0.907. The van der Waals surface area contributed by atoms with Crippen LogP contribution in [0.3, 0.4) is 0 Å². The highest BCUT2D eigenvalue weighted by molar-refractivity contribution is 6.04. The van der Waals surface area contributed by atoms with Crippen LogP contribution in [0.2, 0.25) is 0 Å². The number of carbonyl (C=O) groups excluding carboxylic acids is 1. The minimum absolute atomic E-state index is 0.0134. The Labute approximate surface area is 134 Å². The van der Waals surface area contributed by atoms with Crippen LogP contribution in [-0.2, 0) is 4.74 Å². The average molecular weight is 314 g/mol. The largest absolute Gasteiger partial charge is 0.493 e. The number of hydrogen-bond donors (Lipinski definition) is 1. The van der Waals surface area contributed by atoms with Crippen LogP contribution >= 0.6 is 0 Å². The van der Waals surface area contributed by atoms with Crippen molar-refractivity contribution in [2.24, 2.45) is 0 Å². The fourth-order valence-electron chi connectivity index (χ4n) is 2.34. The van der Waals surface area contributed by atoms with Gasteiger partial charge in [-0.3, -0.25) is 9.78 Å². The second-order valence-corrected chi connectivity index (χ2v) is 5.16. The van der Waals surface area contributed by atoms with Gasteiger partial charge in [-0.15, -0.1) is 0 Å². The Morgan fingerprint density at radius 1 is 1.35 bits per heavy atom. The molecule has 1 fully saturated rings. The second kappa shape index (κ2) is 7.11. The van der Waals surface area contributed by atoms with Gasteiger partial charge in [0.15, 0.2) is 11.5 Å². The van der Waals surface area contributed by atoms with Gasteiger partial charge in [-0.25, -0.2) is 0 Å². The van der Waals surface area contributed by atoms with E-state index in [2.05, 4.69) is 10.3 Å². The van der Waals surface area contributed by atoms with Gasteiger partial charge in [-0.2, -0.15) is 0 Å². The lowest BCUT2D eigenvalue weighted by molar-refractivity contribution is 0.102. The molecule has 1 aliphatic rings. The van der Waals surface area contributed by atoms with Crippen molar-refractivity contribution in [3.63, 3.8) is 0 Å². The highest BCUT2D eigenvalue weighted by Crippen LogP contribution is 2.30. The topological polar surface area (TPSA) is 69.7 Å². The molecule has 1 unspecified atom stereocenters. The molecule has 1 saturated heterocycles. The van der Waals surface area contributed by atoms with Gasteiger partial charge in [-0.05, 0) is 30.3 Å². The van der Waals surface area contributed by atoms with Crippen molar-refractivity contribution < 1.29 is 19.0 Å². The molecule has 0 aliphatic carbocycles. The summed E-state index contributed by atoms with van der Waals surface area (Å²) in [6.45, 7) is 1.24. The van der Waals surface area contributed by atoms with Gasteiger partial charge in [0.2, 0.25) is 0 Å². The summed E-state index contributed by atoms with van der Waals surface area (Å²) in [7, 11) is 1.57. The van der Waals surface area contributed by atoms with Gasteiger partial charge in [0, 0.05) is 18.2 Å². The van der Waals surface area contributed by atoms with Crippen molar-refractivity contribution in [3.05, 3.63) is 48.3 Å². The SMILES string of the molecule is COc1ccc(C(=O)Nc2cccnc2)cc1OC1CCOC1. The molecular weight excluding hydrogens is 296 g/mol. The Hall–Kier alpha value is -2.60. The first-order chi connectivity index (χ1) is 11.3. The third-order valence-corrected chi connectivity index (χ3v) is 3.53. The summed E-state index contributed by atoms with van der Waals surface area (Å²) >= 11 is 0. The Balaban J connectivity index is 1.77. The van der Waals surface area contributed by atoms with Gasteiger partial charge in [0.1, 0.15) is 6.10 Å². The number of benzene rings is 1. The molecule has 23 heavy (non-hydrogen) atoms. The molecule has 1 atom stereocenters. The quantitative estimate of drug-likeness (QED) is 0.918. The molecule has 6 nitrogen and oxygen atoms in total. The van der Waals surface area contributed by atoms with Crippen molar-refractivity contribution in [1.29, 1.82) is 0 Å². The molecule has 1 N–H and O–H groups in total. The van der Waals surface area contributed by atoms with E-state index in [4.69, 9.17) is 14.2 Å². The summed E-state index contributed by atoms with van der Waals surface area (Å²) in [6, 6.07) is 8.65. The van der Waals surface area contributed by atoms with E-state index in [1.165, 1.54) is 0 Å². The van der Waals surface area contributed by atoms with Gasteiger partial charge >= 0.3 is 0 Å². The molecule has 2 aromatic rings. The predicted molar refractivity (Wildman–Crippen MR) is 85.0 cm³/mol. The fraction of sp³-hybridized carbons (Fsp3) is 0.294. The summed E-state index contributed by atoms with van der Waals surface area (Å²) in [4.78, 5) is 16.3. The summed E-state index contributed by atoms with van der Waals surface area (Å²) < 4.78 is 16.5. The van der Waals surface area contributed by atoms with Crippen LogP contribution in [0.5, 0.6) is 11.5 Å². The van der Waals surface area contributed by atoms with E-state index in [-0.39, 0.29) is 12.0 Å². The molecule has 1 aromatic heterocycles. The van der Waals surface area contributed by atoms with Gasteiger partial charge < -0.3 is 19.5 Å². The van der Waals surface area contributed by atoms with Crippen molar-refractivity contribution in [3.8, 4) is 11.5 Å². The van der Waals surface area contributed by atoms with Crippen LogP contribution < -0.4 is 14.8 Å². The van der Waals surface area contributed by atoms with Crippen molar-refractivity contribution >= 4 is 11.6 Å². The summed E-state index contributed by atoms with van der Waals surface area (Å²) in [5.41, 5.74) is 1.13. The highest BCUT2D eigenvalue weighted by Gasteiger charge is 2.20. The second-order valence-electron chi connectivity index (χ2n) is 5.16. The normalized spacial score (nSPS) is 16.8. The molecule has 1 aromatic carbocycles. The van der Waals surface area contributed by atoms with E-state index in [0.29, 0.717) is 36.0 Å². The van der Waals surface area contributed by atoms with Crippen LogP contribution in [0.4, 0.5) is 5.69 Å². The van der Waals surface area contributed by atoms with Gasteiger partial charge in [-0.1, -0.05) is 0 Å². The lowest BCUT2D eigenvalue weighted by Gasteiger charge is -2.16. The van der Waals surface area contributed by atoms with Crippen LogP contribution in [-0.4, -0.2) is 37.3 Å². The first-order valence-corrected chi connectivity index (χ1v) is 7.40. The maximum Gasteiger partial charge on any atom is 0.255 e. The lowest BCUT2D eigenvalue weighted by Crippen LogP contribution is -2.17. The third kappa shape index (κ3) is 3.78. The number of anilines is 1. The van der Waals surface area contributed by atoms with Crippen molar-refractivity contribution in [1.82, 2.24) is 4.98 Å². The Bertz CT molecular complexity index is 670. The van der Waals surface area contributed by atoms with Gasteiger partial charge in [0.05, 0.1) is 32.2 Å². The Morgan fingerprint density at radius 2 is 2.26 bits per heavy atom. The summed E-state index contributed by atoms with van der Waals surface area (Å²) in [5, 5.41) is 2.79. The predicted octanol–water partition coefficient (Wildman–Crippen LogP) is 2.51. The minimum Gasteiger partial charge on any atom is -0.493 e. The van der Waals surface area contributed by atoms with E-state index in [0.717, 1.165) is 6.42 Å². The highest BCUT2D eigenvalue weighted by atomic mass is 16.6. The zero-order chi connectivity index (χ0) is 16.1. The van der Waals surface area contributed by atoms with E-state index in [9.17, 15) is 4.79 Å². The van der Waals surface area contributed by atoms with E-state index in [1.54, 1.807) is 49.8 Å². The molecule has 2 heterocycles. The van der Waals surface area contributed by atoms with E-state index < -0.39 is 0 Å². The number of rotatable bonds is 5. The van der Waals surface area contributed by atoms with Gasteiger partial charge in [0.25, 0.3) is 5.91 Å². The lowest BCUT2D eigenvalue weighted by atomic mass is 10.1. The summed E-state index contributed by atoms with van der Waals surface area (Å²) in [6.07, 6.45) is 4.06. The number of pyridine rings is 1. The molecule has 6 heteroatoms. The van der Waals surface area contributed by atoms with E-state index in [1.807, 2.05) is 0 Å². The molecule has 0 spiro atoms. The van der Waals surface area contributed by atoms with Crippen LogP contribution in [0.15, 0.2) is 42.7 Å². The number of hydrogen-bond acceptors (Lipinski definition) is 5. The minimum atomic E-state index is -0.229. The molecule has 0 bridgehead atoms. The average Bonchev–Trinajstić information content (AvgIpc) is 3.09. The molecule has 1 aliphatic heterocycles. The number of ether oxygens (including phenoxy) is 3. The Kier molecular flexibility index (Phi) is 4.73. The zero-order valence-electron chi connectivity index (χ0n) is 12.8. The van der Waals surface area contributed by atoms with E-state index >= 15 is 0 Å². The Morgan fingerprint density at radius 3 is 2.96 bits per heavy atom. The monoisotopic (exact) mass is 314 g/mol. The number of amides is 1. The van der Waals surface area contributed by atoms with Crippen molar-refractivity contribution in [2.45, 2.75) is 12.5 Å². The molecule has 3 rings (SSSR count). The maximum absolute atomic E-state index is 12.3. The maximum atomic E-state index is 12.3. The third-order valence-electron chi connectivity index (χ3n) is 3.53. The zero-order valence-corrected chi connectivity index (χ0v) is 12.8. The van der Waals surface area contributed by atoms with Crippen LogP contribution in [0.1, 0.15) is 16.8 Å². The first kappa shape index (κ1) is 15.3. The number of aromatic nitrogens is 1. The smallest absolute Gasteiger partial charge is 0.255 e. The van der Waals surface area contributed by atoms with Crippen LogP contribution in [0.25, 0.3) is 0 Å². The first-order valence-electron chi connectivity index (χ1n) is 7.40. The van der Waals surface area contributed by atoms with Crippen molar-refractivity contribution in [2.75, 3.05) is 25.6 Å². The van der Waals surface area contributed by atoms with Crippen LogP contribution in [0, 0.1) is 0 Å². The molecule has 0 saturated carbocycles. The number of carbonyl (C=O) groups is 1. The number of methoxy groups -OCH3 is 1. The number of nitrogens with one attached hydrogen (secondary N) is 1. The molecular formula is C17H18N2O4. The number of nitrogens with zero attached hydrogens (tertiary/aromatic N) is 1. The standard InChI is InChI=1S/C17H18N2O4/c1-21-15-5-4-12(9-16(15)23-14-6-8-22-11-14)17(20)19-13-3-2-7-18-10-13/h2-5,7,9-10,14H,6,8,11H2,1H3,(H,19,20).